The number of aryl methyl sites for hydroxylation is 1. The van der Waals surface area contributed by atoms with Crippen molar-refractivity contribution < 1.29 is 15.3 Å². The number of nitrogens with two attached hydrogens (primary N) is 1. The van der Waals surface area contributed by atoms with Gasteiger partial charge in [0.05, 0.1) is 23.9 Å². The Labute approximate surface area is 167 Å². The van der Waals surface area contributed by atoms with Crippen LogP contribution in [-0.2, 0) is 6.54 Å². The highest BCUT2D eigenvalue weighted by Crippen LogP contribution is 2.43. The molecule has 5 atom stereocenters. The zero-order valence-corrected chi connectivity index (χ0v) is 16.2. The van der Waals surface area contributed by atoms with Gasteiger partial charge in [-0.1, -0.05) is 17.7 Å². The number of nitrogens with zero attached hydrogens (tertiary/aromatic N) is 3. The van der Waals surface area contributed by atoms with Crippen LogP contribution in [-0.4, -0.2) is 42.1 Å². The van der Waals surface area contributed by atoms with Crippen LogP contribution in [0, 0.1) is 12.8 Å². The summed E-state index contributed by atoms with van der Waals surface area (Å²) in [6, 6.07) is 6.63. The molecule has 0 amide bonds. The fourth-order valence-electron chi connectivity index (χ4n) is 4.27. The molecule has 5 N–H and O–H groups in total. The Morgan fingerprint density at radius 1 is 1.25 bits per heavy atom. The van der Waals surface area contributed by atoms with Gasteiger partial charge in [-0.2, -0.15) is 0 Å². The van der Waals surface area contributed by atoms with Crippen molar-refractivity contribution in [2.45, 2.75) is 44.2 Å². The first-order chi connectivity index (χ1) is 13.4. The molecular formula is C20H23ClN4O3. The van der Waals surface area contributed by atoms with E-state index in [1.165, 1.54) is 6.33 Å². The fraction of sp³-hybridized carbons (Fsp3) is 0.400. The second kappa shape index (κ2) is 7.42. The monoisotopic (exact) mass is 402 g/mol. The standard InChI is InChI=1S/C20H23ClN4O3/c1-10-13-4-5-25(20(13)24-9-23-10)16-7-15(18(27)19(16)28)17(26)14-3-2-12(21)6-11(14)8-22/h2-6,9,15-19,26-28H,7-8,22H2,1H3/t15?,16?,17?,18-,19+/m1/s1. The molecule has 1 aliphatic rings. The van der Waals surface area contributed by atoms with Crippen molar-refractivity contribution in [1.29, 1.82) is 0 Å². The second-order valence-corrected chi connectivity index (χ2v) is 7.80. The van der Waals surface area contributed by atoms with E-state index in [4.69, 9.17) is 17.3 Å². The van der Waals surface area contributed by atoms with Gasteiger partial charge in [0.25, 0.3) is 0 Å². The molecule has 1 aliphatic carbocycles. The van der Waals surface area contributed by atoms with Gasteiger partial charge in [-0.3, -0.25) is 0 Å². The van der Waals surface area contributed by atoms with E-state index in [0.29, 0.717) is 22.7 Å². The van der Waals surface area contributed by atoms with Gasteiger partial charge < -0.3 is 25.6 Å². The lowest BCUT2D eigenvalue weighted by Gasteiger charge is -2.24. The van der Waals surface area contributed by atoms with Gasteiger partial charge in [0.15, 0.2) is 0 Å². The van der Waals surface area contributed by atoms with Gasteiger partial charge in [-0.25, -0.2) is 9.97 Å². The minimum Gasteiger partial charge on any atom is -0.390 e. The molecule has 148 valence electrons. The van der Waals surface area contributed by atoms with Crippen LogP contribution in [0.15, 0.2) is 36.8 Å². The summed E-state index contributed by atoms with van der Waals surface area (Å²) in [6.07, 6.45) is 0.641. The zero-order chi connectivity index (χ0) is 20.0. The Morgan fingerprint density at radius 2 is 2.04 bits per heavy atom. The number of benzene rings is 1. The molecule has 3 aromatic rings. The van der Waals surface area contributed by atoms with Crippen molar-refractivity contribution in [2.24, 2.45) is 11.7 Å². The minimum absolute atomic E-state index is 0.222. The summed E-state index contributed by atoms with van der Waals surface area (Å²) in [5.74, 6) is -0.549. The third kappa shape index (κ3) is 3.09. The van der Waals surface area contributed by atoms with Gasteiger partial charge >= 0.3 is 0 Å². The maximum absolute atomic E-state index is 11.0. The lowest BCUT2D eigenvalue weighted by atomic mass is 9.89. The highest BCUT2D eigenvalue weighted by molar-refractivity contribution is 6.30. The third-order valence-corrected chi connectivity index (χ3v) is 6.05. The Hall–Kier alpha value is -2.03. The molecule has 0 aliphatic heterocycles. The van der Waals surface area contributed by atoms with Crippen LogP contribution in [0.1, 0.15) is 35.4 Å². The Kier molecular flexibility index (Phi) is 5.11. The molecule has 3 unspecified atom stereocenters. The largest absolute Gasteiger partial charge is 0.390 e. The summed E-state index contributed by atoms with van der Waals surface area (Å²) in [7, 11) is 0. The van der Waals surface area contributed by atoms with Gasteiger partial charge in [-0.05, 0) is 42.7 Å². The van der Waals surface area contributed by atoms with Gasteiger partial charge in [0.2, 0.25) is 0 Å². The van der Waals surface area contributed by atoms with Gasteiger partial charge in [-0.15, -0.1) is 0 Å². The summed E-state index contributed by atoms with van der Waals surface area (Å²) in [6.45, 7) is 2.12. The average Bonchev–Trinajstić information content (AvgIpc) is 3.24. The van der Waals surface area contributed by atoms with Gasteiger partial charge in [0.1, 0.15) is 18.1 Å². The van der Waals surface area contributed by atoms with Crippen LogP contribution in [0.2, 0.25) is 5.02 Å². The molecule has 4 rings (SSSR count). The van der Waals surface area contributed by atoms with E-state index < -0.39 is 30.3 Å². The maximum Gasteiger partial charge on any atom is 0.143 e. The normalized spacial score (nSPS) is 26.1. The summed E-state index contributed by atoms with van der Waals surface area (Å²) < 4.78 is 1.86. The summed E-state index contributed by atoms with van der Waals surface area (Å²) in [4.78, 5) is 8.53. The van der Waals surface area contributed by atoms with Crippen molar-refractivity contribution in [3.8, 4) is 0 Å². The number of fused-ring (bicyclic) bond motifs is 1. The van der Waals surface area contributed by atoms with Crippen molar-refractivity contribution >= 4 is 22.6 Å². The maximum atomic E-state index is 11.0. The zero-order valence-electron chi connectivity index (χ0n) is 15.4. The summed E-state index contributed by atoms with van der Waals surface area (Å²) in [5.41, 5.74) is 8.70. The SMILES string of the molecule is Cc1ncnc2c1ccn2C1CC(C(O)c2ccc(Cl)cc2CN)[C@@H](O)[C@H]1O. The number of hydrogen-bond donors (Lipinski definition) is 4. The smallest absolute Gasteiger partial charge is 0.143 e. The number of aliphatic hydroxyl groups excluding tert-OH is 3. The summed E-state index contributed by atoms with van der Waals surface area (Å²) in [5, 5.41) is 33.8. The summed E-state index contributed by atoms with van der Waals surface area (Å²) >= 11 is 6.03. The van der Waals surface area contributed by atoms with Crippen molar-refractivity contribution in [3.05, 3.63) is 58.6 Å². The average molecular weight is 403 g/mol. The molecule has 2 heterocycles. The molecule has 0 spiro atoms. The molecule has 0 saturated heterocycles. The van der Waals surface area contributed by atoms with Crippen LogP contribution in [0.4, 0.5) is 0 Å². The lowest BCUT2D eigenvalue weighted by molar-refractivity contribution is -0.0266. The first-order valence-electron chi connectivity index (χ1n) is 9.23. The van der Waals surface area contributed by atoms with E-state index in [0.717, 1.165) is 16.6 Å². The van der Waals surface area contributed by atoms with E-state index in [1.807, 2.05) is 23.8 Å². The topological polar surface area (TPSA) is 117 Å². The predicted molar refractivity (Wildman–Crippen MR) is 106 cm³/mol. The molecule has 1 aromatic carbocycles. The predicted octanol–water partition coefficient (Wildman–Crippen LogP) is 1.87. The van der Waals surface area contributed by atoms with E-state index in [9.17, 15) is 15.3 Å². The minimum atomic E-state index is -1.08. The van der Waals surface area contributed by atoms with E-state index in [1.54, 1.807) is 18.2 Å². The Morgan fingerprint density at radius 3 is 2.79 bits per heavy atom. The second-order valence-electron chi connectivity index (χ2n) is 7.36. The molecule has 7 nitrogen and oxygen atoms in total. The first kappa shape index (κ1) is 19.3. The third-order valence-electron chi connectivity index (χ3n) is 5.81. The highest BCUT2D eigenvalue weighted by atomic mass is 35.5. The number of rotatable bonds is 4. The van der Waals surface area contributed by atoms with Crippen molar-refractivity contribution in [3.63, 3.8) is 0 Å². The highest BCUT2D eigenvalue weighted by Gasteiger charge is 2.46. The molecule has 28 heavy (non-hydrogen) atoms. The van der Waals surface area contributed by atoms with E-state index in [-0.39, 0.29) is 6.54 Å². The van der Waals surface area contributed by atoms with Crippen LogP contribution < -0.4 is 5.73 Å². The van der Waals surface area contributed by atoms with E-state index >= 15 is 0 Å². The van der Waals surface area contributed by atoms with Gasteiger partial charge in [0, 0.05) is 29.1 Å². The molecule has 0 radical (unpaired) electrons. The Balaban J connectivity index is 1.67. The fourth-order valence-corrected chi connectivity index (χ4v) is 4.46. The van der Waals surface area contributed by atoms with Crippen molar-refractivity contribution in [2.75, 3.05) is 0 Å². The molecule has 1 saturated carbocycles. The Bertz CT molecular complexity index is 1010. The van der Waals surface area contributed by atoms with Crippen LogP contribution in [0.5, 0.6) is 0 Å². The van der Waals surface area contributed by atoms with Crippen molar-refractivity contribution in [1.82, 2.24) is 14.5 Å². The number of aliphatic hydroxyl groups is 3. The quantitative estimate of drug-likeness (QED) is 0.529. The molecular weight excluding hydrogens is 380 g/mol. The molecule has 0 bridgehead atoms. The number of halogens is 1. The van der Waals surface area contributed by atoms with E-state index in [2.05, 4.69) is 9.97 Å². The van der Waals surface area contributed by atoms with Crippen LogP contribution in [0.25, 0.3) is 11.0 Å². The lowest BCUT2D eigenvalue weighted by Crippen LogP contribution is -2.31. The molecule has 2 aromatic heterocycles. The first-order valence-corrected chi connectivity index (χ1v) is 9.61. The molecule has 1 fully saturated rings. The molecule has 8 heteroatoms. The number of hydrogen-bond acceptors (Lipinski definition) is 6. The van der Waals surface area contributed by atoms with Crippen LogP contribution >= 0.6 is 11.6 Å². The van der Waals surface area contributed by atoms with Crippen LogP contribution in [0.3, 0.4) is 0 Å². The number of aromatic nitrogens is 3.